The Kier molecular flexibility index (Phi) is 4.51. The molecule has 0 aliphatic rings. The van der Waals surface area contributed by atoms with Crippen molar-refractivity contribution in [2.24, 2.45) is 0 Å². The Morgan fingerprint density at radius 3 is 2.79 bits per heavy atom. The molecule has 7 heteroatoms. The molecule has 0 saturated carbocycles. The van der Waals surface area contributed by atoms with E-state index in [4.69, 9.17) is 4.74 Å². The summed E-state index contributed by atoms with van der Waals surface area (Å²) in [5.74, 6) is -1.32. The summed E-state index contributed by atoms with van der Waals surface area (Å²) in [6.07, 6.45) is 4.27. The Balaban J connectivity index is 1.95. The number of carbonyl (C=O) groups is 1. The molecule has 0 aliphatic heterocycles. The van der Waals surface area contributed by atoms with Gasteiger partial charge in [-0.1, -0.05) is 30.3 Å². The number of hydrogen-bond donors (Lipinski definition) is 1. The first-order valence-electron chi connectivity index (χ1n) is 7.46. The van der Waals surface area contributed by atoms with E-state index in [2.05, 4.69) is 15.0 Å². The summed E-state index contributed by atoms with van der Waals surface area (Å²) < 4.78 is 6.63. The fourth-order valence-corrected chi connectivity index (χ4v) is 2.29. The van der Waals surface area contributed by atoms with Crippen molar-refractivity contribution < 1.29 is 14.6 Å². The van der Waals surface area contributed by atoms with Gasteiger partial charge in [-0.05, 0) is 12.5 Å². The third kappa shape index (κ3) is 3.24. The van der Waals surface area contributed by atoms with Crippen LogP contribution in [0.15, 0.2) is 48.7 Å². The van der Waals surface area contributed by atoms with E-state index in [0.717, 1.165) is 5.56 Å². The lowest BCUT2D eigenvalue weighted by Crippen LogP contribution is -2.07. The molecule has 2 heterocycles. The van der Waals surface area contributed by atoms with Crippen molar-refractivity contribution in [3.63, 3.8) is 0 Å². The highest BCUT2D eigenvalue weighted by atomic mass is 16.5. The second-order valence-electron chi connectivity index (χ2n) is 5.04. The molecule has 0 aliphatic carbocycles. The molecular weight excluding hydrogens is 308 g/mol. The zero-order valence-electron chi connectivity index (χ0n) is 13.1. The smallest absolute Gasteiger partial charge is 0.373 e. The Morgan fingerprint density at radius 2 is 2.04 bits per heavy atom. The maximum Gasteiger partial charge on any atom is 0.373 e. The summed E-state index contributed by atoms with van der Waals surface area (Å²) in [6.45, 7) is 2.46. The molecule has 0 fully saturated rings. The van der Waals surface area contributed by atoms with E-state index in [9.17, 15) is 9.90 Å². The number of rotatable bonds is 5. The first-order chi connectivity index (χ1) is 11.7. The highest BCUT2D eigenvalue weighted by Gasteiger charge is 2.13. The number of hydrogen-bond acceptors (Lipinski definition) is 6. The summed E-state index contributed by atoms with van der Waals surface area (Å²) in [5.41, 5.74) is 2.60. The number of imidazole rings is 1. The van der Waals surface area contributed by atoms with Crippen molar-refractivity contribution in [1.29, 1.82) is 0 Å². The lowest BCUT2D eigenvalue weighted by atomic mass is 10.2. The van der Waals surface area contributed by atoms with Gasteiger partial charge in [0.1, 0.15) is 11.8 Å². The van der Waals surface area contributed by atoms with Crippen molar-refractivity contribution in [1.82, 2.24) is 19.5 Å². The van der Waals surface area contributed by atoms with Gasteiger partial charge in [0.05, 0.1) is 25.2 Å². The van der Waals surface area contributed by atoms with Crippen LogP contribution in [0, 0.1) is 0 Å². The van der Waals surface area contributed by atoms with Gasteiger partial charge in [-0.3, -0.25) is 0 Å². The highest BCUT2D eigenvalue weighted by Crippen LogP contribution is 2.17. The maximum absolute atomic E-state index is 11.5. The van der Waals surface area contributed by atoms with E-state index in [1.165, 1.54) is 12.4 Å². The molecule has 1 aromatic carbocycles. The second-order valence-corrected chi connectivity index (χ2v) is 5.04. The summed E-state index contributed by atoms with van der Waals surface area (Å²) in [4.78, 5) is 24.2. The zero-order chi connectivity index (χ0) is 16.9. The molecule has 0 radical (unpaired) electrons. The van der Waals surface area contributed by atoms with Gasteiger partial charge in [0.25, 0.3) is 0 Å². The molecule has 0 spiro atoms. The molecule has 0 unspecified atom stereocenters. The normalized spacial score (nSPS) is 11.6. The number of aromatic nitrogens is 4. The van der Waals surface area contributed by atoms with Gasteiger partial charge < -0.3 is 14.4 Å². The van der Waals surface area contributed by atoms with Crippen LogP contribution in [0.5, 0.6) is 0 Å². The monoisotopic (exact) mass is 324 g/mol. The summed E-state index contributed by atoms with van der Waals surface area (Å²) in [5, 5.41) is 9.80. The Bertz CT molecular complexity index is 887. The van der Waals surface area contributed by atoms with Gasteiger partial charge in [-0.15, -0.1) is 0 Å². The van der Waals surface area contributed by atoms with Gasteiger partial charge in [-0.25, -0.2) is 19.7 Å². The van der Waals surface area contributed by atoms with Crippen molar-refractivity contribution in [2.75, 3.05) is 6.61 Å². The summed E-state index contributed by atoms with van der Waals surface area (Å²) in [7, 11) is 0. The van der Waals surface area contributed by atoms with Crippen LogP contribution in [0.2, 0.25) is 0 Å². The number of nitrogens with zero attached hydrogens (tertiary/aromatic N) is 4. The van der Waals surface area contributed by atoms with Crippen molar-refractivity contribution in [3.05, 3.63) is 60.0 Å². The van der Waals surface area contributed by atoms with Crippen LogP contribution in [0.3, 0.4) is 0 Å². The average molecular weight is 324 g/mol. The van der Waals surface area contributed by atoms with E-state index in [1.54, 1.807) is 13.3 Å². The number of ether oxygens (including phenoxy) is 1. The Morgan fingerprint density at radius 1 is 1.25 bits per heavy atom. The minimum atomic E-state index is -0.798. The van der Waals surface area contributed by atoms with E-state index in [-0.39, 0.29) is 6.61 Å². The van der Waals surface area contributed by atoms with E-state index in [0.29, 0.717) is 23.4 Å². The molecule has 2 aromatic heterocycles. The van der Waals surface area contributed by atoms with E-state index >= 15 is 0 Å². The van der Waals surface area contributed by atoms with Gasteiger partial charge in [0, 0.05) is 6.08 Å². The largest absolute Gasteiger partial charge is 0.502 e. The van der Waals surface area contributed by atoms with Crippen molar-refractivity contribution >= 4 is 23.2 Å². The molecule has 3 rings (SSSR count). The number of benzene rings is 1. The molecule has 0 amide bonds. The van der Waals surface area contributed by atoms with Crippen LogP contribution in [0.25, 0.3) is 17.2 Å². The average Bonchev–Trinajstić information content (AvgIpc) is 3.00. The minimum absolute atomic E-state index is 0.182. The molecule has 7 nitrogen and oxygen atoms in total. The molecule has 0 bridgehead atoms. The zero-order valence-corrected chi connectivity index (χ0v) is 13.1. The molecule has 0 saturated heterocycles. The van der Waals surface area contributed by atoms with Crippen LogP contribution in [-0.4, -0.2) is 37.2 Å². The summed E-state index contributed by atoms with van der Waals surface area (Å²) in [6, 6.07) is 9.92. The van der Waals surface area contributed by atoms with Crippen molar-refractivity contribution in [2.45, 2.75) is 13.5 Å². The van der Waals surface area contributed by atoms with Gasteiger partial charge >= 0.3 is 5.97 Å². The van der Waals surface area contributed by atoms with Gasteiger partial charge in [0.15, 0.2) is 5.65 Å². The number of esters is 1. The third-order valence-corrected chi connectivity index (χ3v) is 3.38. The lowest BCUT2D eigenvalue weighted by molar-refractivity contribution is -0.141. The molecule has 1 N–H and O–H groups in total. The quantitative estimate of drug-likeness (QED) is 0.440. The summed E-state index contributed by atoms with van der Waals surface area (Å²) >= 11 is 0. The number of aliphatic hydroxyl groups is 1. The minimum Gasteiger partial charge on any atom is -0.502 e. The first kappa shape index (κ1) is 15.7. The SMILES string of the molecule is CCOC(=O)/C(O)=C/c1ncnc2c1ncn2Cc1ccccc1. The number of aliphatic hydroxyl groups excluding tert-OH is 1. The Hall–Kier alpha value is -3.22. The predicted octanol–water partition coefficient (Wildman–Crippen LogP) is 2.34. The fraction of sp³-hybridized carbons (Fsp3) is 0.176. The van der Waals surface area contributed by atoms with Crippen LogP contribution >= 0.6 is 0 Å². The second kappa shape index (κ2) is 6.91. The third-order valence-electron chi connectivity index (χ3n) is 3.38. The number of carbonyl (C=O) groups excluding carboxylic acids is 1. The first-order valence-corrected chi connectivity index (χ1v) is 7.46. The van der Waals surface area contributed by atoms with Crippen molar-refractivity contribution in [3.8, 4) is 0 Å². The van der Waals surface area contributed by atoms with E-state index < -0.39 is 11.7 Å². The van der Waals surface area contributed by atoms with Crippen LogP contribution in [0.4, 0.5) is 0 Å². The molecular formula is C17H16N4O3. The van der Waals surface area contributed by atoms with Crippen LogP contribution in [-0.2, 0) is 16.1 Å². The van der Waals surface area contributed by atoms with Gasteiger partial charge in [0.2, 0.25) is 5.76 Å². The molecule has 122 valence electrons. The Labute approximate surface area is 138 Å². The van der Waals surface area contributed by atoms with E-state index in [1.807, 2.05) is 34.9 Å². The topological polar surface area (TPSA) is 90.1 Å². The van der Waals surface area contributed by atoms with Crippen LogP contribution < -0.4 is 0 Å². The molecule has 3 aromatic rings. The molecule has 0 atom stereocenters. The highest BCUT2D eigenvalue weighted by molar-refractivity contribution is 5.93. The standard InChI is InChI=1S/C17H16N4O3/c1-2-24-17(23)14(22)8-13-15-16(19-10-18-13)21(11-20-15)9-12-6-4-3-5-7-12/h3-8,10-11,22H,2,9H2,1H3/b14-8-. The number of fused-ring (bicyclic) bond motifs is 1. The van der Waals surface area contributed by atoms with Crippen LogP contribution in [0.1, 0.15) is 18.2 Å². The maximum atomic E-state index is 11.5. The fourth-order valence-electron chi connectivity index (χ4n) is 2.29. The molecule has 24 heavy (non-hydrogen) atoms. The lowest BCUT2D eigenvalue weighted by Gasteiger charge is -2.04. The predicted molar refractivity (Wildman–Crippen MR) is 88.1 cm³/mol. The van der Waals surface area contributed by atoms with Gasteiger partial charge in [-0.2, -0.15) is 0 Å².